The first-order chi connectivity index (χ1) is 38.8. The van der Waals surface area contributed by atoms with Crippen LogP contribution in [0.25, 0.3) is 0 Å². The van der Waals surface area contributed by atoms with Gasteiger partial charge in [0.25, 0.3) is 47.3 Å². The average Bonchev–Trinajstić information content (AvgIpc) is 3.58. The number of carbonyl (C=O) groups excluding carboxylic acids is 8. The quantitative estimate of drug-likeness (QED) is 0.0624. The van der Waals surface area contributed by atoms with E-state index in [1.165, 1.54) is 12.1 Å². The summed E-state index contributed by atoms with van der Waals surface area (Å²) in [5, 5.41) is 108. The normalized spacial score (nSPS) is 17.8. The summed E-state index contributed by atoms with van der Waals surface area (Å²) in [6, 6.07) is 9.23. The molecule has 28 nitrogen and oxygen atoms in total. The first-order valence-electron chi connectivity index (χ1n) is 26.1. The van der Waals surface area contributed by atoms with Crippen LogP contribution >= 0.6 is 0 Å². The summed E-state index contributed by atoms with van der Waals surface area (Å²) in [6.07, 6.45) is 2.16. The highest BCUT2D eigenvalue weighted by atomic mass is 16.3. The Balaban J connectivity index is 1.29. The van der Waals surface area contributed by atoms with Crippen molar-refractivity contribution in [2.45, 2.75) is 19.3 Å². The predicted octanol–water partition coefficient (Wildman–Crippen LogP) is -1.67. The van der Waals surface area contributed by atoms with Crippen LogP contribution in [0.3, 0.4) is 0 Å². The fourth-order valence-corrected chi connectivity index (χ4v) is 8.78. The minimum Gasteiger partial charge on any atom is -0.504 e. The van der Waals surface area contributed by atoms with Gasteiger partial charge in [0.2, 0.25) is 0 Å². The highest BCUT2D eigenvalue weighted by Gasteiger charge is 2.27. The Morgan fingerprint density at radius 2 is 0.679 bits per heavy atom. The van der Waals surface area contributed by atoms with Gasteiger partial charge >= 0.3 is 0 Å². The highest BCUT2D eigenvalue weighted by Crippen LogP contribution is 2.36. The van der Waals surface area contributed by atoms with Crippen molar-refractivity contribution in [2.75, 3.05) is 118 Å². The number of carbonyl (C=O) groups is 8. The standard InChI is InChI=1S/C53H68N12O16/c54-12-2-1-3-13-55-46(74)30-4-5-31(39(67)38(30)66)50(78)59-17-24-64-25-18-60-51(79)35-9-6-32(40(68)43(35)71)47(75)56-14-21-63-22-15-57-48(76)33-7-10-36(44(72)41(33)69)52(80)61-19-26-65(29-28-64)27-20-62-53(81)37-11-8-34(42(70)45(37)73)49(77)58-16-23-63/h4-11,66-73H,1-3,12-29,54H2,(H,55,74)(H,56,75)(H,57,76)(H,58,77)(H,59,78)(H,60,79)(H,61,80)(H,62,81). The van der Waals surface area contributed by atoms with Gasteiger partial charge in [-0.15, -0.1) is 0 Å². The van der Waals surface area contributed by atoms with Gasteiger partial charge < -0.3 is 89.1 Å². The number of rotatable bonds is 10. The highest BCUT2D eigenvalue weighted by molar-refractivity contribution is 6.05. The summed E-state index contributed by atoms with van der Waals surface area (Å²) < 4.78 is 0. The predicted molar refractivity (Wildman–Crippen MR) is 290 cm³/mol. The first-order valence-corrected chi connectivity index (χ1v) is 26.1. The van der Waals surface area contributed by atoms with E-state index in [1.54, 1.807) is 14.7 Å². The van der Waals surface area contributed by atoms with Crippen molar-refractivity contribution in [3.05, 3.63) is 93.0 Å². The molecule has 0 spiro atoms. The van der Waals surface area contributed by atoms with Crippen LogP contribution in [0.5, 0.6) is 46.0 Å². The molecule has 436 valence electrons. The van der Waals surface area contributed by atoms with E-state index in [2.05, 4.69) is 42.5 Å². The second-order valence-electron chi connectivity index (χ2n) is 18.9. The molecular weight excluding hydrogens is 1060 g/mol. The van der Waals surface area contributed by atoms with Crippen LogP contribution in [-0.2, 0) is 0 Å². The molecule has 81 heavy (non-hydrogen) atoms. The molecule has 10 aliphatic rings. The Labute approximate surface area is 464 Å². The number of phenols is 8. The number of phenolic OH excluding ortho intramolecular Hbond substituents is 8. The Kier molecular flexibility index (Phi) is 22.0. The maximum absolute atomic E-state index is 13.5. The molecule has 4 aromatic rings. The molecule has 10 heterocycles. The fourth-order valence-electron chi connectivity index (χ4n) is 8.78. The fraction of sp³-hybridized carbons (Fsp3) is 0.396. The molecule has 0 unspecified atom stereocenters. The molecule has 0 saturated carbocycles. The molecule has 0 fully saturated rings. The van der Waals surface area contributed by atoms with Crippen molar-refractivity contribution >= 4 is 47.3 Å². The Morgan fingerprint density at radius 1 is 0.383 bits per heavy atom. The van der Waals surface area contributed by atoms with Crippen LogP contribution in [-0.4, -0.2) is 221 Å². The summed E-state index contributed by atoms with van der Waals surface area (Å²) in [5.74, 6) is -13.4. The van der Waals surface area contributed by atoms with Crippen LogP contribution in [0, 0.1) is 0 Å². The summed E-state index contributed by atoms with van der Waals surface area (Å²) in [6.45, 7) is 0.719. The number of unbranched alkanes of at least 4 members (excludes halogenated alkanes) is 2. The van der Waals surface area contributed by atoms with E-state index in [0.717, 1.165) is 49.2 Å². The molecule has 0 atom stereocenters. The third kappa shape index (κ3) is 16.0. The minimum atomic E-state index is -0.892. The van der Waals surface area contributed by atoms with Crippen molar-refractivity contribution in [1.82, 2.24) is 57.2 Å². The smallest absolute Gasteiger partial charge is 0.255 e. The molecule has 0 saturated heterocycles. The largest absolute Gasteiger partial charge is 0.504 e. The molecule has 8 bridgehead atoms. The maximum atomic E-state index is 13.5. The lowest BCUT2D eigenvalue weighted by Gasteiger charge is -2.28. The third-order valence-electron chi connectivity index (χ3n) is 13.5. The number of hydrogen-bond donors (Lipinski definition) is 17. The molecule has 0 aliphatic carbocycles. The molecule has 10 aliphatic heterocycles. The molecular formula is C53H68N12O16. The van der Waals surface area contributed by atoms with Gasteiger partial charge in [0, 0.05) is 111 Å². The van der Waals surface area contributed by atoms with Gasteiger partial charge in [-0.2, -0.15) is 0 Å². The number of aromatic hydroxyl groups is 8. The first kappa shape index (κ1) is 61.1. The van der Waals surface area contributed by atoms with Crippen LogP contribution in [0.1, 0.15) is 102 Å². The molecule has 18 N–H and O–H groups in total. The molecule has 0 aromatic heterocycles. The summed E-state index contributed by atoms with van der Waals surface area (Å²) in [5.41, 5.74) is 2.71. The molecule has 0 radical (unpaired) electrons. The summed E-state index contributed by atoms with van der Waals surface area (Å²) in [4.78, 5) is 112. The minimum absolute atomic E-state index is 0.0394. The van der Waals surface area contributed by atoms with Crippen molar-refractivity contribution in [3.8, 4) is 46.0 Å². The van der Waals surface area contributed by atoms with Gasteiger partial charge in [0.15, 0.2) is 46.0 Å². The van der Waals surface area contributed by atoms with Gasteiger partial charge in [0.1, 0.15) is 0 Å². The average molecular weight is 1130 g/mol. The van der Waals surface area contributed by atoms with E-state index in [4.69, 9.17) is 5.73 Å². The zero-order chi connectivity index (χ0) is 58.8. The van der Waals surface area contributed by atoms with Gasteiger partial charge in [-0.3, -0.25) is 53.1 Å². The van der Waals surface area contributed by atoms with Crippen LogP contribution in [0.2, 0.25) is 0 Å². The lowest BCUT2D eigenvalue weighted by Crippen LogP contribution is -2.45. The molecule has 4 aromatic carbocycles. The van der Waals surface area contributed by atoms with Crippen LogP contribution in [0.15, 0.2) is 48.5 Å². The number of nitrogens with zero attached hydrogens (tertiary/aromatic N) is 3. The van der Waals surface area contributed by atoms with Crippen molar-refractivity contribution in [3.63, 3.8) is 0 Å². The number of nitrogens with one attached hydrogen (secondary N) is 8. The monoisotopic (exact) mass is 1130 g/mol. The number of hydrogen-bond acceptors (Lipinski definition) is 20. The second-order valence-corrected chi connectivity index (χ2v) is 18.9. The number of nitrogens with two attached hydrogens (primary N) is 1. The summed E-state index contributed by atoms with van der Waals surface area (Å²) >= 11 is 0. The number of amides is 8. The zero-order valence-corrected chi connectivity index (χ0v) is 44.2. The van der Waals surface area contributed by atoms with Gasteiger partial charge in [-0.1, -0.05) is 6.42 Å². The molecule has 28 heteroatoms. The van der Waals surface area contributed by atoms with E-state index >= 15 is 0 Å². The molecule has 14 rings (SSSR count). The third-order valence-corrected chi connectivity index (χ3v) is 13.5. The lowest BCUT2D eigenvalue weighted by atomic mass is 10.1. The Hall–Kier alpha value is -9.12. The Morgan fingerprint density at radius 3 is 1.00 bits per heavy atom. The van der Waals surface area contributed by atoms with E-state index in [9.17, 15) is 79.2 Å². The van der Waals surface area contributed by atoms with Crippen molar-refractivity contribution < 1.29 is 79.2 Å². The van der Waals surface area contributed by atoms with Gasteiger partial charge in [-0.25, -0.2) is 0 Å². The zero-order valence-electron chi connectivity index (χ0n) is 44.2. The SMILES string of the molecule is NCCCCCNC(=O)c1ccc(C(=O)NCCN2CCNC(=O)c3ccc(c(O)c3O)C(=O)NCCN3CCNC(=O)c4ccc(c(O)c4O)C(=O)NCCN(CCNC(=O)c4ccc(c(O)c4O)C(=O)NCC3)CC2)c(O)c1O. The van der Waals surface area contributed by atoms with Gasteiger partial charge in [-0.05, 0) is 67.9 Å². The van der Waals surface area contributed by atoms with Crippen molar-refractivity contribution in [1.29, 1.82) is 0 Å². The van der Waals surface area contributed by atoms with E-state index in [0.29, 0.717) is 13.0 Å². The molecule has 8 amide bonds. The van der Waals surface area contributed by atoms with E-state index < -0.39 is 93.3 Å². The topological polar surface area (TPSA) is 430 Å². The second kappa shape index (κ2) is 29.2. The van der Waals surface area contributed by atoms with Crippen LogP contribution < -0.4 is 48.3 Å². The van der Waals surface area contributed by atoms with E-state index in [-0.39, 0.29) is 156 Å². The Bertz CT molecular complexity index is 2900. The van der Waals surface area contributed by atoms with Gasteiger partial charge in [0.05, 0.1) is 44.5 Å². The number of benzene rings is 4. The van der Waals surface area contributed by atoms with Crippen molar-refractivity contribution in [2.24, 2.45) is 5.73 Å². The maximum Gasteiger partial charge on any atom is 0.255 e. The lowest BCUT2D eigenvalue weighted by molar-refractivity contribution is 0.0917. The van der Waals surface area contributed by atoms with E-state index in [1.807, 2.05) is 0 Å². The summed E-state index contributed by atoms with van der Waals surface area (Å²) in [7, 11) is 0. The van der Waals surface area contributed by atoms with Crippen LogP contribution in [0.4, 0.5) is 0 Å².